The number of aromatic nitrogens is 2. The molecule has 1 unspecified atom stereocenters. The van der Waals surface area contributed by atoms with Gasteiger partial charge in [-0.3, -0.25) is 0 Å². The number of anilines is 1. The fourth-order valence-electron chi connectivity index (χ4n) is 2.56. The average Bonchev–Trinajstić information content (AvgIpc) is 2.75. The van der Waals surface area contributed by atoms with Gasteiger partial charge in [0.25, 0.3) is 0 Å². The van der Waals surface area contributed by atoms with Gasteiger partial charge in [-0.05, 0) is 39.9 Å². The summed E-state index contributed by atoms with van der Waals surface area (Å²) >= 11 is 0. The van der Waals surface area contributed by atoms with Crippen LogP contribution >= 0.6 is 0 Å². The highest BCUT2D eigenvalue weighted by Crippen LogP contribution is 2.23. The number of nitrogens with two attached hydrogens (primary N) is 1. The molecular formula is C13H23N5. The first-order valence-corrected chi connectivity index (χ1v) is 6.56. The van der Waals surface area contributed by atoms with Crippen molar-refractivity contribution < 1.29 is 0 Å². The van der Waals surface area contributed by atoms with E-state index in [0.717, 1.165) is 30.4 Å². The molecule has 1 aliphatic rings. The molecule has 1 aromatic heterocycles. The summed E-state index contributed by atoms with van der Waals surface area (Å²) in [6, 6.07) is 2.48. The van der Waals surface area contributed by atoms with Crippen molar-refractivity contribution in [1.82, 2.24) is 14.9 Å². The standard InChI is InChI=1S/C13H23N5/c1-10-7-11(8-14)16-13(15-10)18-6-4-5-12(18)9-17(2)3/h7,12H,4-6,8-9,14H2,1-3H3. The minimum absolute atomic E-state index is 0.475. The maximum Gasteiger partial charge on any atom is 0.226 e. The highest BCUT2D eigenvalue weighted by Gasteiger charge is 2.27. The highest BCUT2D eigenvalue weighted by atomic mass is 15.3. The fourth-order valence-corrected chi connectivity index (χ4v) is 2.56. The largest absolute Gasteiger partial charge is 0.337 e. The predicted molar refractivity (Wildman–Crippen MR) is 73.6 cm³/mol. The van der Waals surface area contributed by atoms with Crippen LogP contribution in [0.25, 0.3) is 0 Å². The molecule has 2 heterocycles. The first-order chi connectivity index (χ1) is 8.60. The van der Waals surface area contributed by atoms with Crippen LogP contribution in [0.15, 0.2) is 6.07 Å². The van der Waals surface area contributed by atoms with Crippen LogP contribution in [0.2, 0.25) is 0 Å². The Balaban J connectivity index is 2.21. The summed E-state index contributed by atoms with van der Waals surface area (Å²) in [5, 5.41) is 0. The molecule has 2 rings (SSSR count). The molecule has 1 saturated heterocycles. The van der Waals surface area contributed by atoms with E-state index in [1.165, 1.54) is 12.8 Å². The smallest absolute Gasteiger partial charge is 0.226 e. The van der Waals surface area contributed by atoms with Crippen LogP contribution in [0, 0.1) is 6.92 Å². The fraction of sp³-hybridized carbons (Fsp3) is 0.692. The van der Waals surface area contributed by atoms with Crippen molar-refractivity contribution in [2.75, 3.05) is 32.1 Å². The third-order valence-electron chi connectivity index (χ3n) is 3.31. The number of nitrogens with zero attached hydrogens (tertiary/aromatic N) is 4. The molecule has 5 heteroatoms. The zero-order chi connectivity index (χ0) is 13.1. The molecule has 5 nitrogen and oxygen atoms in total. The molecule has 1 aliphatic heterocycles. The molecule has 1 aromatic rings. The van der Waals surface area contributed by atoms with Crippen molar-refractivity contribution in [3.05, 3.63) is 17.5 Å². The van der Waals surface area contributed by atoms with E-state index in [0.29, 0.717) is 12.6 Å². The summed E-state index contributed by atoms with van der Waals surface area (Å²) in [7, 11) is 4.22. The van der Waals surface area contributed by atoms with Crippen LogP contribution in [-0.4, -0.2) is 48.1 Å². The van der Waals surface area contributed by atoms with Gasteiger partial charge in [0, 0.05) is 31.4 Å². The number of rotatable bonds is 4. The number of likely N-dealkylation sites (N-methyl/N-ethyl adjacent to an activating group) is 1. The molecule has 0 aromatic carbocycles. The number of hydrogen-bond donors (Lipinski definition) is 1. The monoisotopic (exact) mass is 249 g/mol. The van der Waals surface area contributed by atoms with Crippen molar-refractivity contribution in [3.63, 3.8) is 0 Å². The second-order valence-electron chi connectivity index (χ2n) is 5.26. The third kappa shape index (κ3) is 2.97. The summed E-state index contributed by atoms with van der Waals surface area (Å²) in [6.45, 7) is 4.57. The summed E-state index contributed by atoms with van der Waals surface area (Å²) in [6.07, 6.45) is 2.43. The zero-order valence-electron chi connectivity index (χ0n) is 11.6. The van der Waals surface area contributed by atoms with E-state index in [1.807, 2.05) is 13.0 Å². The lowest BCUT2D eigenvalue weighted by Crippen LogP contribution is -2.38. The van der Waals surface area contributed by atoms with Gasteiger partial charge in [0.1, 0.15) is 0 Å². The highest BCUT2D eigenvalue weighted by molar-refractivity contribution is 5.35. The van der Waals surface area contributed by atoms with Crippen LogP contribution in [0.4, 0.5) is 5.95 Å². The molecule has 100 valence electrons. The molecule has 0 spiro atoms. The molecule has 0 aliphatic carbocycles. The van der Waals surface area contributed by atoms with Crippen molar-refractivity contribution >= 4 is 5.95 Å². The molecule has 0 radical (unpaired) electrons. The Bertz CT molecular complexity index is 404. The Hall–Kier alpha value is -1.20. The lowest BCUT2D eigenvalue weighted by molar-refractivity contribution is 0.370. The lowest BCUT2D eigenvalue weighted by atomic mass is 10.2. The lowest BCUT2D eigenvalue weighted by Gasteiger charge is -2.27. The molecule has 2 N–H and O–H groups in total. The van der Waals surface area contributed by atoms with Crippen LogP contribution in [-0.2, 0) is 6.54 Å². The summed E-state index contributed by atoms with van der Waals surface area (Å²) in [5.74, 6) is 0.847. The molecule has 1 fully saturated rings. The molecule has 0 amide bonds. The van der Waals surface area contributed by atoms with Crippen molar-refractivity contribution in [1.29, 1.82) is 0 Å². The van der Waals surface area contributed by atoms with Gasteiger partial charge in [0.05, 0.1) is 5.69 Å². The zero-order valence-corrected chi connectivity index (χ0v) is 11.6. The maximum absolute atomic E-state index is 5.68. The van der Waals surface area contributed by atoms with Gasteiger partial charge in [0.15, 0.2) is 0 Å². The summed E-state index contributed by atoms with van der Waals surface area (Å²) in [4.78, 5) is 13.7. The first kappa shape index (κ1) is 13.2. The number of aryl methyl sites for hydroxylation is 1. The second-order valence-corrected chi connectivity index (χ2v) is 5.26. The minimum atomic E-state index is 0.475. The Morgan fingerprint density at radius 1 is 1.44 bits per heavy atom. The average molecular weight is 249 g/mol. The second kappa shape index (κ2) is 5.63. The van der Waals surface area contributed by atoms with E-state index in [4.69, 9.17) is 5.73 Å². The predicted octanol–water partition coefficient (Wildman–Crippen LogP) is 0.774. The van der Waals surface area contributed by atoms with Gasteiger partial charge in [-0.25, -0.2) is 9.97 Å². The maximum atomic E-state index is 5.68. The van der Waals surface area contributed by atoms with E-state index in [9.17, 15) is 0 Å². The molecule has 0 bridgehead atoms. The number of hydrogen-bond acceptors (Lipinski definition) is 5. The summed E-state index contributed by atoms with van der Waals surface area (Å²) in [5.41, 5.74) is 7.60. The normalized spacial score (nSPS) is 19.8. The van der Waals surface area contributed by atoms with Crippen molar-refractivity contribution in [3.8, 4) is 0 Å². The molecular weight excluding hydrogens is 226 g/mol. The third-order valence-corrected chi connectivity index (χ3v) is 3.31. The van der Waals surface area contributed by atoms with E-state index in [2.05, 4.69) is 33.9 Å². The Morgan fingerprint density at radius 3 is 2.89 bits per heavy atom. The van der Waals surface area contributed by atoms with Gasteiger partial charge in [-0.15, -0.1) is 0 Å². The van der Waals surface area contributed by atoms with E-state index < -0.39 is 0 Å². The quantitative estimate of drug-likeness (QED) is 0.854. The van der Waals surface area contributed by atoms with E-state index in [-0.39, 0.29) is 0 Å². The minimum Gasteiger partial charge on any atom is -0.337 e. The van der Waals surface area contributed by atoms with Crippen LogP contribution in [0.5, 0.6) is 0 Å². The van der Waals surface area contributed by atoms with Gasteiger partial charge in [0.2, 0.25) is 5.95 Å². The summed E-state index contributed by atoms with van der Waals surface area (Å²) < 4.78 is 0. The Labute approximate surface area is 109 Å². The molecule has 0 saturated carbocycles. The first-order valence-electron chi connectivity index (χ1n) is 6.56. The van der Waals surface area contributed by atoms with Crippen LogP contribution < -0.4 is 10.6 Å². The molecule has 1 atom stereocenters. The van der Waals surface area contributed by atoms with E-state index in [1.54, 1.807) is 0 Å². The van der Waals surface area contributed by atoms with Gasteiger partial charge in [-0.1, -0.05) is 0 Å². The van der Waals surface area contributed by atoms with Crippen LogP contribution in [0.1, 0.15) is 24.2 Å². The SMILES string of the molecule is Cc1cc(CN)nc(N2CCCC2CN(C)C)n1. The van der Waals surface area contributed by atoms with E-state index >= 15 is 0 Å². The van der Waals surface area contributed by atoms with Crippen LogP contribution in [0.3, 0.4) is 0 Å². The Morgan fingerprint density at radius 2 is 2.22 bits per heavy atom. The molecule has 18 heavy (non-hydrogen) atoms. The van der Waals surface area contributed by atoms with Gasteiger partial charge < -0.3 is 15.5 Å². The topological polar surface area (TPSA) is 58.3 Å². The van der Waals surface area contributed by atoms with Gasteiger partial charge in [-0.2, -0.15) is 0 Å². The Kier molecular flexibility index (Phi) is 4.14. The van der Waals surface area contributed by atoms with Crippen molar-refractivity contribution in [2.45, 2.75) is 32.4 Å². The van der Waals surface area contributed by atoms with Crippen molar-refractivity contribution in [2.24, 2.45) is 5.73 Å². The van der Waals surface area contributed by atoms with Gasteiger partial charge >= 0.3 is 0 Å².